The number of aromatic carboxylic acids is 1. The fourth-order valence-electron chi connectivity index (χ4n) is 12.9. The maximum atomic E-state index is 13.1. The summed E-state index contributed by atoms with van der Waals surface area (Å²) in [5, 5.41) is 43.3. The van der Waals surface area contributed by atoms with E-state index in [1.165, 1.54) is 70.6 Å². The molecule has 4 aromatic rings. The van der Waals surface area contributed by atoms with Crippen molar-refractivity contribution in [1.82, 2.24) is 14.9 Å². The first-order chi connectivity index (χ1) is 35.5. The second kappa shape index (κ2) is 22.3. The summed E-state index contributed by atoms with van der Waals surface area (Å²) in [6, 6.07) is 19.0. The van der Waals surface area contributed by atoms with Gasteiger partial charge < -0.3 is 20.2 Å². The Balaban J connectivity index is 0.000000149. The number of benzene rings is 2. The lowest BCUT2D eigenvalue weighted by Gasteiger charge is -2.34. The monoisotopic (exact) mass is 1020 g/mol. The molecule has 1 amide bonds. The maximum Gasteiger partial charge on any atom is 0.354 e. The fraction of sp³-hybridized carbons (Fsp3) is 0.509. The maximum absolute atomic E-state index is 13.1. The number of likely N-dealkylation sites (tertiary alicyclic amines) is 1. The molecule has 3 saturated carbocycles. The van der Waals surface area contributed by atoms with Crippen LogP contribution < -0.4 is 10.0 Å². The number of aryl methyl sites for hydroxylation is 2. The number of halogens is 2. The van der Waals surface area contributed by atoms with Crippen LogP contribution in [0.1, 0.15) is 153 Å². The molecule has 0 unspecified atom stereocenters. The summed E-state index contributed by atoms with van der Waals surface area (Å²) >= 11 is 12.8. The first kappa shape index (κ1) is 50.6. The molecule has 5 heterocycles. The Morgan fingerprint density at radius 3 is 1.42 bits per heavy atom. The van der Waals surface area contributed by atoms with Crippen LogP contribution in [0.5, 0.6) is 0 Å². The molecule has 3 N–H and O–H groups in total. The highest BCUT2D eigenvalue weighted by Crippen LogP contribution is 2.47. The van der Waals surface area contributed by atoms with Gasteiger partial charge in [-0.2, -0.15) is 10.2 Å². The summed E-state index contributed by atoms with van der Waals surface area (Å²) in [7, 11) is 0. The van der Waals surface area contributed by atoms with Gasteiger partial charge in [0, 0.05) is 46.1 Å². The Labute approximate surface area is 437 Å². The van der Waals surface area contributed by atoms with Gasteiger partial charge in [-0.15, -0.1) is 0 Å². The van der Waals surface area contributed by atoms with Crippen LogP contribution in [-0.4, -0.2) is 90.9 Å². The second-order valence-corrected chi connectivity index (χ2v) is 21.8. The number of aliphatic hydroxyl groups excluding tert-OH is 2. The van der Waals surface area contributed by atoms with Crippen molar-refractivity contribution in [3.05, 3.63) is 127 Å². The lowest BCUT2D eigenvalue weighted by Crippen LogP contribution is -2.41. The van der Waals surface area contributed by atoms with Crippen molar-refractivity contribution >= 4 is 69.3 Å². The molecule has 4 fully saturated rings. The van der Waals surface area contributed by atoms with Crippen molar-refractivity contribution < 1.29 is 24.9 Å². The van der Waals surface area contributed by atoms with Gasteiger partial charge in [-0.25, -0.2) is 24.5 Å². The molecule has 2 aromatic heterocycles. The number of hydrazone groups is 2. The number of amides is 1. The van der Waals surface area contributed by atoms with E-state index in [0.717, 1.165) is 83.8 Å². The standard InChI is InChI=1S/C28H30ClN5O2.C23H21ClN4O2.C6H12O/c1-30-24-9-6-18(16-22(24)29)34-27(17-4-2-3-5-17)21-8-10-23-20(26(21)32-34)7-11-25(31-23)28(36)33-14-12-19(35)13-15-33;1-25-19-9-6-14(12-17(19)24)28-22(13-4-2-3-5-13)16-8-10-18-15(21(16)27-28)7-11-20(26-18)23(29)30;7-6-4-2-1-3-5-6/h6-7,9,11,16-17,19,21,27,35H,2-5,8,10,12-15H2;6-7,9,11-13,16,22H,2-5,8,10H2,(H,29,30);6-7H,1-5H2/t21-,27-;16-,22-;/m00./s1. The van der Waals surface area contributed by atoms with Crippen LogP contribution in [0.4, 0.5) is 22.7 Å². The van der Waals surface area contributed by atoms with Gasteiger partial charge in [0.05, 0.1) is 71.6 Å². The van der Waals surface area contributed by atoms with E-state index in [9.17, 15) is 19.8 Å². The first-order valence-corrected chi connectivity index (χ1v) is 27.2. The van der Waals surface area contributed by atoms with Crippen molar-refractivity contribution in [3.8, 4) is 0 Å². The van der Waals surface area contributed by atoms with Gasteiger partial charge in [-0.1, -0.05) is 80.3 Å². The van der Waals surface area contributed by atoms with Crippen LogP contribution in [0.2, 0.25) is 10.0 Å². The minimum Gasteiger partial charge on any atom is -0.477 e. The Morgan fingerprint density at radius 1 is 0.562 bits per heavy atom. The van der Waals surface area contributed by atoms with Gasteiger partial charge in [0.15, 0.2) is 0 Å². The molecule has 0 spiro atoms. The van der Waals surface area contributed by atoms with Crippen LogP contribution in [0, 0.1) is 36.8 Å². The van der Waals surface area contributed by atoms with Gasteiger partial charge in [0.2, 0.25) is 11.4 Å². The van der Waals surface area contributed by atoms with Crippen LogP contribution in [0.3, 0.4) is 0 Å². The number of aromatic nitrogens is 2. The van der Waals surface area contributed by atoms with Crippen molar-refractivity contribution in [1.29, 1.82) is 0 Å². The minimum absolute atomic E-state index is 0.0359. The molecule has 73 heavy (non-hydrogen) atoms. The number of anilines is 2. The third-order valence-corrected chi connectivity index (χ3v) is 17.2. The van der Waals surface area contributed by atoms with E-state index in [-0.39, 0.29) is 41.8 Å². The molecular formula is C57H63Cl2N9O5. The third kappa shape index (κ3) is 10.6. The Morgan fingerprint density at radius 2 is 1.00 bits per heavy atom. The van der Waals surface area contributed by atoms with Crippen LogP contribution in [0.25, 0.3) is 9.69 Å². The van der Waals surface area contributed by atoms with Crippen molar-refractivity contribution in [2.24, 2.45) is 33.9 Å². The fourth-order valence-corrected chi connectivity index (χ4v) is 13.3. The molecule has 2 aromatic carbocycles. The SMILES string of the molecule is OC1CCCCC1.[C-]#[N+]c1ccc(N2N=C3c4ccc(C(=O)N5CCC(O)CC5)nc4CC[C@@H]3[C@@H]2C2CCCC2)cc1Cl.[C-]#[N+]c1ccc(N2N=C3c4ccc(C(=O)O)nc4CC[C@@H]3[C@@H]2C2CCCC2)cc1Cl. The third-order valence-electron chi connectivity index (χ3n) is 16.6. The molecular weight excluding hydrogens is 962 g/mol. The average Bonchev–Trinajstić information content (AvgIpc) is 4.26. The zero-order chi connectivity index (χ0) is 50.8. The number of fused-ring (bicyclic) bond motifs is 6. The summed E-state index contributed by atoms with van der Waals surface area (Å²) in [4.78, 5) is 42.4. The number of hydrogen-bond acceptors (Lipinski definition) is 10. The number of hydrogen-bond donors (Lipinski definition) is 3. The largest absolute Gasteiger partial charge is 0.477 e. The van der Waals surface area contributed by atoms with Crippen LogP contribution in [0.15, 0.2) is 70.9 Å². The molecule has 0 bridgehead atoms. The van der Waals surface area contributed by atoms with Crippen LogP contribution >= 0.6 is 23.2 Å². The molecule has 380 valence electrons. The van der Waals surface area contributed by atoms with Gasteiger partial charge >= 0.3 is 5.97 Å². The quantitative estimate of drug-likeness (QED) is 0.160. The number of aliphatic hydroxyl groups is 2. The molecule has 12 rings (SSSR count). The number of rotatable bonds is 6. The lowest BCUT2D eigenvalue weighted by molar-refractivity contribution is 0.0540. The minimum atomic E-state index is -1.01. The zero-order valence-electron chi connectivity index (χ0n) is 41.2. The molecule has 0 radical (unpaired) electrons. The van der Waals surface area contributed by atoms with Crippen molar-refractivity contribution in [2.75, 3.05) is 23.1 Å². The lowest BCUT2D eigenvalue weighted by atomic mass is 9.76. The van der Waals surface area contributed by atoms with Crippen molar-refractivity contribution in [3.63, 3.8) is 0 Å². The molecule has 5 aliphatic carbocycles. The number of carbonyl (C=O) groups excluding carboxylic acids is 1. The van der Waals surface area contributed by atoms with E-state index in [2.05, 4.69) is 24.7 Å². The smallest absolute Gasteiger partial charge is 0.354 e. The highest BCUT2D eigenvalue weighted by molar-refractivity contribution is 6.34. The van der Waals surface area contributed by atoms with E-state index < -0.39 is 5.97 Å². The zero-order valence-corrected chi connectivity index (χ0v) is 42.7. The van der Waals surface area contributed by atoms with E-state index in [4.69, 9.17) is 56.6 Å². The van der Waals surface area contributed by atoms with E-state index in [0.29, 0.717) is 70.8 Å². The summed E-state index contributed by atoms with van der Waals surface area (Å²) in [6.07, 6.45) is 20.1. The predicted octanol–water partition coefficient (Wildman–Crippen LogP) is 11.9. The highest BCUT2D eigenvalue weighted by atomic mass is 35.5. The van der Waals surface area contributed by atoms with Gasteiger partial charge in [0.1, 0.15) is 11.4 Å². The molecule has 4 atom stereocenters. The predicted molar refractivity (Wildman–Crippen MR) is 284 cm³/mol. The number of pyridine rings is 2. The summed E-state index contributed by atoms with van der Waals surface area (Å²) in [6.45, 7) is 15.7. The number of carboxylic acids is 1. The summed E-state index contributed by atoms with van der Waals surface area (Å²) in [5.74, 6) is 0.668. The van der Waals surface area contributed by atoms with E-state index >= 15 is 0 Å². The Bertz CT molecular complexity index is 2870. The first-order valence-electron chi connectivity index (χ1n) is 26.5. The molecule has 3 aliphatic heterocycles. The Hall–Kier alpha value is -5.90. The van der Waals surface area contributed by atoms with Crippen molar-refractivity contribution in [2.45, 2.75) is 146 Å². The molecule has 14 nitrogen and oxygen atoms in total. The molecule has 8 aliphatic rings. The topological polar surface area (TPSA) is 164 Å². The second-order valence-electron chi connectivity index (χ2n) is 21.0. The van der Waals surface area contributed by atoms with Gasteiger partial charge in [-0.05, 0) is 137 Å². The summed E-state index contributed by atoms with van der Waals surface area (Å²) < 4.78 is 0. The number of piperidine rings is 1. The normalized spacial score (nSPS) is 23.8. The number of nitrogens with zero attached hydrogens (tertiary/aromatic N) is 9. The number of carboxylic acid groups (broad SMARTS) is 1. The van der Waals surface area contributed by atoms with Crippen LogP contribution in [-0.2, 0) is 12.8 Å². The van der Waals surface area contributed by atoms with Gasteiger partial charge in [-0.3, -0.25) is 14.8 Å². The molecule has 1 saturated heterocycles. The molecule has 16 heteroatoms. The highest BCUT2D eigenvalue weighted by Gasteiger charge is 2.48. The van der Waals surface area contributed by atoms with E-state index in [1.54, 1.807) is 23.1 Å². The number of carbonyl (C=O) groups is 2. The Kier molecular flexibility index (Phi) is 15.5. The average molecular weight is 1030 g/mol. The van der Waals surface area contributed by atoms with Gasteiger partial charge in [0.25, 0.3) is 5.91 Å². The van der Waals surface area contributed by atoms with E-state index in [1.807, 2.05) is 42.5 Å². The summed E-state index contributed by atoms with van der Waals surface area (Å²) in [5.41, 5.74) is 9.13.